The molecule has 2 aromatic rings. The topological polar surface area (TPSA) is 101 Å². The van der Waals surface area contributed by atoms with E-state index in [1.54, 1.807) is 36.5 Å². The first-order valence-electron chi connectivity index (χ1n) is 13.3. The number of ether oxygens (including phenoxy) is 3. The molecule has 0 bridgehead atoms. The van der Waals surface area contributed by atoms with Crippen molar-refractivity contribution in [3.63, 3.8) is 0 Å². The van der Waals surface area contributed by atoms with Crippen molar-refractivity contribution in [3.8, 4) is 11.4 Å². The maximum Gasteiger partial charge on any atom is 0.334 e. The van der Waals surface area contributed by atoms with Gasteiger partial charge in [-0.3, -0.25) is 19.0 Å². The minimum atomic E-state index is -0.548. The first kappa shape index (κ1) is 26.7. The second kappa shape index (κ2) is 10.3. The molecule has 2 heterocycles. The molecule has 1 aromatic heterocycles. The molecule has 0 N–H and O–H groups in total. The molecule has 0 radical (unpaired) electrons. The van der Waals surface area contributed by atoms with Crippen LogP contribution in [0.1, 0.15) is 51.5 Å². The number of hydrogen-bond acceptors (Lipinski definition) is 7. The van der Waals surface area contributed by atoms with Gasteiger partial charge in [0, 0.05) is 47.2 Å². The zero-order valence-corrected chi connectivity index (χ0v) is 22.5. The molecule has 2 aliphatic carbocycles. The van der Waals surface area contributed by atoms with E-state index >= 15 is 0 Å². The van der Waals surface area contributed by atoms with E-state index in [4.69, 9.17) is 14.2 Å². The molecule has 0 amide bonds. The van der Waals surface area contributed by atoms with Crippen LogP contribution < -0.4 is 10.3 Å². The first-order valence-corrected chi connectivity index (χ1v) is 13.3. The zero-order chi connectivity index (χ0) is 27.9. The Morgan fingerprint density at radius 2 is 1.79 bits per heavy atom. The molecule has 1 saturated heterocycles. The molecular weight excluding hydrogens is 498 g/mol. The number of esters is 3. The Hall–Kier alpha value is -3.94. The Kier molecular flexibility index (Phi) is 7.05. The van der Waals surface area contributed by atoms with Gasteiger partial charge in [0.2, 0.25) is 0 Å². The predicted molar refractivity (Wildman–Crippen MR) is 143 cm³/mol. The van der Waals surface area contributed by atoms with Crippen LogP contribution >= 0.6 is 0 Å². The van der Waals surface area contributed by atoms with Crippen LogP contribution in [0, 0.1) is 24.2 Å². The first-order chi connectivity index (χ1) is 18.6. The fourth-order valence-corrected chi connectivity index (χ4v) is 6.35. The van der Waals surface area contributed by atoms with E-state index in [9.17, 15) is 19.2 Å². The summed E-state index contributed by atoms with van der Waals surface area (Å²) in [5.41, 5.74) is 2.75. The number of hydrogen-bond donors (Lipinski definition) is 0. The van der Waals surface area contributed by atoms with Crippen LogP contribution in [0.5, 0.6) is 5.75 Å². The van der Waals surface area contributed by atoms with Crippen LogP contribution in [0.15, 0.2) is 71.2 Å². The lowest BCUT2D eigenvalue weighted by Gasteiger charge is -2.52. The third-order valence-electron chi connectivity index (χ3n) is 8.47. The van der Waals surface area contributed by atoms with Crippen molar-refractivity contribution in [3.05, 3.63) is 82.3 Å². The van der Waals surface area contributed by atoms with Gasteiger partial charge >= 0.3 is 17.9 Å². The van der Waals surface area contributed by atoms with Crippen molar-refractivity contribution in [2.75, 3.05) is 0 Å². The maximum absolute atomic E-state index is 12.8. The normalized spacial score (nSPS) is 27.6. The summed E-state index contributed by atoms with van der Waals surface area (Å²) in [5.74, 6) is -1.07. The Bertz CT molecular complexity index is 1420. The minimum absolute atomic E-state index is 0.00465. The number of aryl methyl sites for hydroxylation is 1. The monoisotopic (exact) mass is 531 g/mol. The summed E-state index contributed by atoms with van der Waals surface area (Å²) in [6.45, 7) is 9.97. The smallest absolute Gasteiger partial charge is 0.334 e. The quantitative estimate of drug-likeness (QED) is 0.232. The van der Waals surface area contributed by atoms with Gasteiger partial charge in [0.05, 0.1) is 12.8 Å². The third-order valence-corrected chi connectivity index (χ3v) is 8.47. The second-order valence-corrected chi connectivity index (χ2v) is 11.1. The highest BCUT2D eigenvalue weighted by atomic mass is 16.6. The standard InChI is InChI=1S/C31H33NO7/c1-18-5-12-25(33)32(17-18)21-7-9-22(10-8-21)37-26(34)13-14-27(35)38-24-11-6-19(2)28-29-23(15-16-31(24,28)4)20(3)30(36)39-29/h5-10,12,17,23-24,28-29H,3,11,13-16H2,1-2,4H3/t23-,24+,28+,29-,31-/m0/s1. The number of carbonyl (C=O) groups excluding carboxylic acids is 3. The second-order valence-electron chi connectivity index (χ2n) is 11.1. The van der Waals surface area contributed by atoms with Gasteiger partial charge in [0.1, 0.15) is 18.0 Å². The summed E-state index contributed by atoms with van der Waals surface area (Å²) < 4.78 is 18.5. The number of pyridine rings is 1. The highest BCUT2D eigenvalue weighted by Gasteiger charge is 2.58. The summed E-state index contributed by atoms with van der Waals surface area (Å²) >= 11 is 0. The van der Waals surface area contributed by atoms with Gasteiger partial charge < -0.3 is 14.2 Å². The highest BCUT2D eigenvalue weighted by molar-refractivity contribution is 5.91. The molecule has 1 saturated carbocycles. The van der Waals surface area contributed by atoms with Crippen molar-refractivity contribution in [1.29, 1.82) is 0 Å². The van der Waals surface area contributed by atoms with Crippen molar-refractivity contribution < 1.29 is 28.6 Å². The molecule has 204 valence electrons. The van der Waals surface area contributed by atoms with E-state index in [1.807, 2.05) is 13.8 Å². The van der Waals surface area contributed by atoms with Crippen molar-refractivity contribution in [2.24, 2.45) is 17.3 Å². The number of rotatable bonds is 6. The molecule has 0 spiro atoms. The summed E-state index contributed by atoms with van der Waals surface area (Å²) in [7, 11) is 0. The molecule has 8 heteroatoms. The van der Waals surface area contributed by atoms with Crippen LogP contribution in [0.4, 0.5) is 0 Å². The lowest BCUT2D eigenvalue weighted by Crippen LogP contribution is -2.53. The van der Waals surface area contributed by atoms with E-state index in [0.29, 0.717) is 23.4 Å². The highest BCUT2D eigenvalue weighted by Crippen LogP contribution is 2.56. The van der Waals surface area contributed by atoms with Gasteiger partial charge in [0.25, 0.3) is 5.56 Å². The van der Waals surface area contributed by atoms with Gasteiger partial charge in [0.15, 0.2) is 0 Å². The molecule has 2 fully saturated rings. The third kappa shape index (κ3) is 5.07. The average molecular weight is 532 g/mol. The van der Waals surface area contributed by atoms with E-state index < -0.39 is 11.9 Å². The lowest BCUT2D eigenvalue weighted by molar-refractivity contribution is -0.170. The summed E-state index contributed by atoms with van der Waals surface area (Å²) in [6.07, 6.45) is 5.03. The Balaban J connectivity index is 1.17. The molecule has 39 heavy (non-hydrogen) atoms. The molecule has 8 nitrogen and oxygen atoms in total. The number of carbonyl (C=O) groups is 3. The Morgan fingerprint density at radius 3 is 2.54 bits per heavy atom. The zero-order valence-electron chi connectivity index (χ0n) is 22.5. The molecule has 3 aliphatic rings. The van der Waals surface area contributed by atoms with Crippen LogP contribution in [-0.4, -0.2) is 34.7 Å². The van der Waals surface area contributed by atoms with E-state index in [1.165, 1.54) is 10.6 Å². The molecule has 5 atom stereocenters. The van der Waals surface area contributed by atoms with Crippen molar-refractivity contribution >= 4 is 17.9 Å². The van der Waals surface area contributed by atoms with Gasteiger partial charge in [-0.05, 0) is 56.5 Å². The molecule has 1 aromatic carbocycles. The SMILES string of the molecule is C=C1C(=O)O[C@@H]2[C@H]3C(C)=CC[C@@H](OC(=O)CCC(=O)Oc4ccc(-n5cc(C)ccc5=O)cc4)[C@]3(C)CC[C@@H]12. The maximum atomic E-state index is 12.8. The number of benzene rings is 1. The predicted octanol–water partition coefficient (Wildman–Crippen LogP) is 4.61. The van der Waals surface area contributed by atoms with Crippen molar-refractivity contribution in [1.82, 2.24) is 4.57 Å². The largest absolute Gasteiger partial charge is 0.461 e. The van der Waals surface area contributed by atoms with Gasteiger partial charge in [-0.1, -0.05) is 31.2 Å². The Labute approximate surface area is 227 Å². The minimum Gasteiger partial charge on any atom is -0.461 e. The van der Waals surface area contributed by atoms with Crippen molar-refractivity contribution in [2.45, 2.75) is 65.1 Å². The number of aromatic nitrogens is 1. The van der Waals surface area contributed by atoms with Gasteiger partial charge in [-0.15, -0.1) is 0 Å². The molecule has 5 rings (SSSR count). The van der Waals surface area contributed by atoms with Gasteiger partial charge in [-0.25, -0.2) is 4.79 Å². The molecular formula is C31H33NO7. The van der Waals surface area contributed by atoms with Gasteiger partial charge in [-0.2, -0.15) is 0 Å². The fourth-order valence-electron chi connectivity index (χ4n) is 6.35. The van der Waals surface area contributed by atoms with Crippen LogP contribution in [0.2, 0.25) is 0 Å². The summed E-state index contributed by atoms with van der Waals surface area (Å²) in [5, 5.41) is 0. The summed E-state index contributed by atoms with van der Waals surface area (Å²) in [4.78, 5) is 49.5. The van der Waals surface area contributed by atoms with Crippen LogP contribution in [0.25, 0.3) is 5.69 Å². The van der Waals surface area contributed by atoms with Crippen LogP contribution in [-0.2, 0) is 23.9 Å². The Morgan fingerprint density at radius 1 is 1.08 bits per heavy atom. The van der Waals surface area contributed by atoms with E-state index in [0.717, 1.165) is 24.0 Å². The lowest BCUT2D eigenvalue weighted by atomic mass is 9.55. The van der Waals surface area contributed by atoms with Crippen LogP contribution in [0.3, 0.4) is 0 Å². The van der Waals surface area contributed by atoms with E-state index in [2.05, 4.69) is 19.6 Å². The average Bonchev–Trinajstić information content (AvgIpc) is 3.19. The number of fused-ring (bicyclic) bond motifs is 3. The fraction of sp³-hybridized carbons (Fsp3) is 0.419. The number of nitrogens with zero attached hydrogens (tertiary/aromatic N) is 1. The molecule has 1 aliphatic heterocycles. The summed E-state index contributed by atoms with van der Waals surface area (Å²) in [6, 6.07) is 9.85. The molecule has 0 unspecified atom stereocenters. The van der Waals surface area contributed by atoms with E-state index in [-0.39, 0.29) is 53.8 Å².